The van der Waals surface area contributed by atoms with Crippen LogP contribution in [-0.4, -0.2) is 10.5 Å². The van der Waals surface area contributed by atoms with Crippen LogP contribution >= 0.6 is 0 Å². The normalized spacial score (nSPS) is 10.4. The van der Waals surface area contributed by atoms with Gasteiger partial charge in [0.25, 0.3) is 0 Å². The van der Waals surface area contributed by atoms with Crippen molar-refractivity contribution in [2.75, 3.05) is 0 Å². The van der Waals surface area contributed by atoms with E-state index in [9.17, 15) is 9.90 Å². The summed E-state index contributed by atoms with van der Waals surface area (Å²) in [6.07, 6.45) is 23.2. The molecule has 1 aromatic rings. The van der Waals surface area contributed by atoms with Crippen LogP contribution < -0.4 is 9.67 Å². The molecule has 4 heteroatoms. The molecule has 152 valence electrons. The number of carboxylic acids is 1. The van der Waals surface area contributed by atoms with Crippen molar-refractivity contribution >= 4 is 5.97 Å². The molecule has 1 rings (SSSR count). The van der Waals surface area contributed by atoms with Crippen LogP contribution in [0.5, 0.6) is 0 Å². The molecule has 0 atom stereocenters. The molecule has 4 nitrogen and oxygen atoms in total. The first-order valence-corrected chi connectivity index (χ1v) is 10.8. The van der Waals surface area contributed by atoms with Gasteiger partial charge in [-0.1, -0.05) is 78.1 Å². The van der Waals surface area contributed by atoms with Crippen LogP contribution in [0.3, 0.4) is 0 Å². The zero-order valence-electron chi connectivity index (χ0n) is 17.5. The lowest BCUT2D eigenvalue weighted by molar-refractivity contribution is -0.671. The van der Waals surface area contributed by atoms with Gasteiger partial charge < -0.3 is 9.90 Å². The lowest BCUT2D eigenvalue weighted by Crippen LogP contribution is -2.23. The Morgan fingerprint density at radius 2 is 1.35 bits per heavy atom. The number of carbonyl (C=O) groups excluding carboxylic acids is 1. The van der Waals surface area contributed by atoms with Gasteiger partial charge in [-0.25, -0.2) is 9.13 Å². The van der Waals surface area contributed by atoms with Crippen molar-refractivity contribution < 1.29 is 14.5 Å². The van der Waals surface area contributed by atoms with Gasteiger partial charge in [-0.05, 0) is 25.7 Å². The van der Waals surface area contributed by atoms with Gasteiger partial charge >= 0.3 is 0 Å². The maximum Gasteiger partial charge on any atom is 0.243 e. The molecule has 1 aromatic heterocycles. The van der Waals surface area contributed by atoms with Crippen LogP contribution in [0.25, 0.3) is 0 Å². The van der Waals surface area contributed by atoms with Gasteiger partial charge in [0.05, 0.1) is 13.6 Å². The maximum absolute atomic E-state index is 9.92. The molecule has 26 heavy (non-hydrogen) atoms. The third kappa shape index (κ3) is 17.5. The highest BCUT2D eigenvalue weighted by atomic mass is 16.4. The zero-order chi connectivity index (χ0) is 19.5. The van der Waals surface area contributed by atoms with Gasteiger partial charge in [-0.3, -0.25) is 0 Å². The summed E-state index contributed by atoms with van der Waals surface area (Å²) in [5.74, 6) is -0.920. The summed E-state index contributed by atoms with van der Waals surface area (Å²) in [4.78, 5) is 9.92. The second-order valence-electron chi connectivity index (χ2n) is 7.33. The molecular weight excluding hydrogens is 324 g/mol. The summed E-state index contributed by atoms with van der Waals surface area (Å²) in [5, 5.41) is 9.92. The third-order valence-corrected chi connectivity index (χ3v) is 4.58. The smallest absolute Gasteiger partial charge is 0.243 e. The molecule has 0 bridgehead atoms. The van der Waals surface area contributed by atoms with Crippen molar-refractivity contribution in [2.24, 2.45) is 7.05 Å². The van der Waals surface area contributed by atoms with E-state index in [0.29, 0.717) is 0 Å². The van der Waals surface area contributed by atoms with E-state index in [1.807, 2.05) is 0 Å². The highest BCUT2D eigenvalue weighted by Crippen LogP contribution is 2.08. The van der Waals surface area contributed by atoms with Crippen LogP contribution in [0.1, 0.15) is 104 Å². The first kappa shape index (κ1) is 24.7. The SMILES string of the molecule is CCCCCCCC(=O)[O-].CCCCCCCCCCn1cc[n+](C)c1. The van der Waals surface area contributed by atoms with Crippen molar-refractivity contribution in [1.82, 2.24) is 4.57 Å². The Bertz CT molecular complexity index is 430. The number of aromatic nitrogens is 2. The lowest BCUT2D eigenvalue weighted by atomic mass is 10.1. The molecule has 0 aliphatic heterocycles. The van der Waals surface area contributed by atoms with Crippen molar-refractivity contribution in [1.29, 1.82) is 0 Å². The summed E-state index contributed by atoms with van der Waals surface area (Å²) in [6.45, 7) is 5.59. The number of hydrogen-bond acceptors (Lipinski definition) is 2. The highest BCUT2D eigenvalue weighted by molar-refractivity contribution is 5.63. The van der Waals surface area contributed by atoms with Crippen LogP contribution in [0.15, 0.2) is 18.7 Å². The van der Waals surface area contributed by atoms with Gasteiger partial charge in [0, 0.05) is 5.97 Å². The fraction of sp³-hybridized carbons (Fsp3) is 0.818. The fourth-order valence-corrected chi connectivity index (χ4v) is 2.94. The van der Waals surface area contributed by atoms with Gasteiger partial charge in [-0.2, -0.15) is 0 Å². The van der Waals surface area contributed by atoms with Crippen molar-refractivity contribution in [3.8, 4) is 0 Å². The molecule has 0 saturated heterocycles. The van der Waals surface area contributed by atoms with Gasteiger partial charge in [0.15, 0.2) is 0 Å². The Kier molecular flexibility index (Phi) is 17.5. The average molecular weight is 367 g/mol. The predicted octanol–water partition coefficient (Wildman–Crippen LogP) is 4.55. The van der Waals surface area contributed by atoms with E-state index in [1.54, 1.807) is 0 Å². The second-order valence-corrected chi connectivity index (χ2v) is 7.33. The molecular formula is C22H42N2O2. The minimum Gasteiger partial charge on any atom is -0.550 e. The number of unbranched alkanes of at least 4 members (excludes halogenated alkanes) is 11. The molecule has 0 saturated carbocycles. The van der Waals surface area contributed by atoms with Crippen LogP contribution in [0.4, 0.5) is 0 Å². The summed E-state index contributed by atoms with van der Waals surface area (Å²) in [7, 11) is 2.07. The summed E-state index contributed by atoms with van der Waals surface area (Å²) < 4.78 is 4.38. The minimum absolute atomic E-state index is 0.226. The number of rotatable bonds is 15. The molecule has 0 aromatic carbocycles. The number of imidazole rings is 1. The Balaban J connectivity index is 0.000000541. The van der Waals surface area contributed by atoms with Gasteiger partial charge in [-0.15, -0.1) is 0 Å². The standard InChI is InChI=1S/C14H27N2.C8H16O2/c1-3-4-5-6-7-8-9-10-11-16-13-12-15(2)14-16;1-2-3-4-5-6-7-8(9)10/h12-14H,3-11H2,1-2H3;2-7H2,1H3,(H,9,10)/q+1;/p-1. The molecule has 0 spiro atoms. The zero-order valence-corrected chi connectivity index (χ0v) is 17.5. The molecule has 0 radical (unpaired) electrons. The number of nitrogens with zero attached hydrogens (tertiary/aromatic N) is 2. The van der Waals surface area contributed by atoms with Crippen LogP contribution in [0.2, 0.25) is 0 Å². The minimum atomic E-state index is -0.920. The lowest BCUT2D eigenvalue weighted by Gasteiger charge is -2.00. The van der Waals surface area contributed by atoms with E-state index in [1.165, 1.54) is 70.8 Å². The predicted molar refractivity (Wildman–Crippen MR) is 107 cm³/mol. The topological polar surface area (TPSA) is 48.9 Å². The first-order valence-electron chi connectivity index (χ1n) is 10.8. The van der Waals surface area contributed by atoms with E-state index >= 15 is 0 Å². The van der Waals surface area contributed by atoms with Crippen LogP contribution in [0, 0.1) is 0 Å². The molecule has 1 heterocycles. The Labute approximate surface area is 161 Å². The number of aryl methyl sites for hydroxylation is 2. The Morgan fingerprint density at radius 3 is 1.81 bits per heavy atom. The van der Waals surface area contributed by atoms with Crippen LogP contribution in [-0.2, 0) is 18.4 Å². The molecule has 0 aliphatic rings. The molecule has 0 N–H and O–H groups in total. The van der Waals surface area contributed by atoms with Gasteiger partial charge in [0.2, 0.25) is 6.33 Å². The van der Waals surface area contributed by atoms with Gasteiger partial charge in [0.1, 0.15) is 12.4 Å². The average Bonchev–Trinajstić information content (AvgIpc) is 3.03. The first-order chi connectivity index (χ1) is 12.6. The Hall–Kier alpha value is -1.32. The number of aliphatic carboxylic acids is 1. The van der Waals surface area contributed by atoms with E-state index in [4.69, 9.17) is 0 Å². The molecule has 0 amide bonds. The Morgan fingerprint density at radius 1 is 0.846 bits per heavy atom. The van der Waals surface area contributed by atoms with Crippen molar-refractivity contribution in [3.63, 3.8) is 0 Å². The number of hydrogen-bond donors (Lipinski definition) is 0. The van der Waals surface area contributed by atoms with E-state index in [2.05, 4.69) is 48.8 Å². The highest BCUT2D eigenvalue weighted by Gasteiger charge is 1.99. The molecule has 0 fully saturated rings. The summed E-state index contributed by atoms with van der Waals surface area (Å²) in [5.41, 5.74) is 0. The summed E-state index contributed by atoms with van der Waals surface area (Å²) in [6, 6.07) is 0. The fourth-order valence-electron chi connectivity index (χ4n) is 2.94. The third-order valence-electron chi connectivity index (χ3n) is 4.58. The maximum atomic E-state index is 9.92. The molecule has 0 aliphatic carbocycles. The largest absolute Gasteiger partial charge is 0.550 e. The van der Waals surface area contributed by atoms with E-state index < -0.39 is 5.97 Å². The van der Waals surface area contributed by atoms with E-state index in [-0.39, 0.29) is 6.42 Å². The van der Waals surface area contributed by atoms with Crippen molar-refractivity contribution in [3.05, 3.63) is 18.7 Å². The molecule has 0 unspecified atom stereocenters. The summed E-state index contributed by atoms with van der Waals surface area (Å²) >= 11 is 0. The van der Waals surface area contributed by atoms with Crippen molar-refractivity contribution in [2.45, 2.75) is 110 Å². The quantitative estimate of drug-likeness (QED) is 0.338. The number of carboxylic acid groups (broad SMARTS) is 1. The monoisotopic (exact) mass is 366 g/mol. The number of carbonyl (C=O) groups is 1. The van der Waals surface area contributed by atoms with E-state index in [0.717, 1.165) is 19.3 Å². The second kappa shape index (κ2) is 18.5.